The molecule has 0 atom stereocenters. The molecule has 0 aliphatic rings. The third-order valence-corrected chi connectivity index (χ3v) is 3.36. The van der Waals surface area contributed by atoms with Crippen LogP contribution in [0.15, 0.2) is 47.5 Å². The molecule has 0 saturated carbocycles. The summed E-state index contributed by atoms with van der Waals surface area (Å²) < 4.78 is 34.8. The zero-order chi connectivity index (χ0) is 14.8. The minimum atomic E-state index is -3.77. The largest absolute Gasteiger partial charge is 0.322 e. The highest BCUT2D eigenvalue weighted by Crippen LogP contribution is 2.13. The first kappa shape index (κ1) is 14.1. The van der Waals surface area contributed by atoms with Gasteiger partial charge in [0.15, 0.2) is 0 Å². The molecule has 0 radical (unpaired) electrons. The van der Waals surface area contributed by atoms with Crippen LogP contribution in [0.5, 0.6) is 0 Å². The van der Waals surface area contributed by atoms with Crippen LogP contribution in [-0.2, 0) is 10.0 Å². The number of amides is 1. The Morgan fingerprint density at radius 3 is 2.30 bits per heavy atom. The Labute approximate surface area is 114 Å². The number of sulfonamides is 1. The fourth-order valence-corrected chi connectivity index (χ4v) is 1.96. The Hall–Kier alpha value is -2.32. The molecule has 0 aliphatic carbocycles. The summed E-state index contributed by atoms with van der Waals surface area (Å²) in [7, 11) is -3.77. The topological polar surface area (TPSA) is 102 Å². The van der Waals surface area contributed by atoms with Crippen LogP contribution in [0, 0.1) is 5.95 Å². The molecule has 0 saturated heterocycles. The maximum atomic E-state index is 12.6. The zero-order valence-corrected chi connectivity index (χ0v) is 10.9. The van der Waals surface area contributed by atoms with Crippen molar-refractivity contribution in [2.45, 2.75) is 4.90 Å². The van der Waals surface area contributed by atoms with Gasteiger partial charge in [0.2, 0.25) is 16.0 Å². The molecule has 3 N–H and O–H groups in total. The fraction of sp³-hybridized carbons (Fsp3) is 0. The van der Waals surface area contributed by atoms with E-state index in [4.69, 9.17) is 5.14 Å². The van der Waals surface area contributed by atoms with E-state index in [9.17, 15) is 17.6 Å². The molecule has 2 aromatic rings. The van der Waals surface area contributed by atoms with Gasteiger partial charge in [-0.05, 0) is 36.4 Å². The van der Waals surface area contributed by atoms with Gasteiger partial charge >= 0.3 is 0 Å². The molecule has 0 spiro atoms. The Morgan fingerprint density at radius 1 is 1.15 bits per heavy atom. The van der Waals surface area contributed by atoms with Crippen molar-refractivity contribution in [2.24, 2.45) is 5.14 Å². The van der Waals surface area contributed by atoms with Crippen LogP contribution in [0.4, 0.5) is 10.1 Å². The minimum Gasteiger partial charge on any atom is -0.322 e. The number of anilines is 1. The summed E-state index contributed by atoms with van der Waals surface area (Å²) in [6, 6.07) is 7.69. The molecule has 104 valence electrons. The molecule has 8 heteroatoms. The molecule has 2 rings (SSSR count). The second kappa shape index (κ2) is 5.35. The first-order valence-electron chi connectivity index (χ1n) is 5.42. The van der Waals surface area contributed by atoms with Gasteiger partial charge in [-0.2, -0.15) is 4.39 Å². The maximum Gasteiger partial charge on any atom is 0.257 e. The number of hydrogen-bond donors (Lipinski definition) is 2. The summed E-state index contributed by atoms with van der Waals surface area (Å²) >= 11 is 0. The number of nitrogens with two attached hydrogens (primary N) is 1. The number of aromatic nitrogens is 1. The van der Waals surface area contributed by atoms with E-state index >= 15 is 0 Å². The zero-order valence-electron chi connectivity index (χ0n) is 10.1. The van der Waals surface area contributed by atoms with Crippen LogP contribution in [-0.4, -0.2) is 19.3 Å². The highest BCUT2D eigenvalue weighted by atomic mass is 32.2. The molecule has 1 heterocycles. The van der Waals surface area contributed by atoms with Gasteiger partial charge < -0.3 is 5.32 Å². The van der Waals surface area contributed by atoms with E-state index in [1.165, 1.54) is 30.3 Å². The molecular formula is C12H10FN3O3S. The highest BCUT2D eigenvalue weighted by Gasteiger charge is 2.09. The monoisotopic (exact) mass is 295 g/mol. The normalized spacial score (nSPS) is 11.1. The van der Waals surface area contributed by atoms with Crippen LogP contribution in [0.3, 0.4) is 0 Å². The summed E-state index contributed by atoms with van der Waals surface area (Å²) in [4.78, 5) is 15.1. The summed E-state index contributed by atoms with van der Waals surface area (Å²) in [5.41, 5.74) is 0.564. The van der Waals surface area contributed by atoms with Crippen LogP contribution < -0.4 is 10.5 Å². The summed E-state index contributed by atoms with van der Waals surface area (Å²) in [5.74, 6) is -1.17. The van der Waals surface area contributed by atoms with Crippen molar-refractivity contribution in [1.82, 2.24) is 4.98 Å². The van der Waals surface area contributed by atoms with Gasteiger partial charge in [-0.1, -0.05) is 0 Å². The van der Waals surface area contributed by atoms with E-state index in [-0.39, 0.29) is 10.5 Å². The first-order valence-corrected chi connectivity index (χ1v) is 6.97. The van der Waals surface area contributed by atoms with Gasteiger partial charge in [0.25, 0.3) is 5.91 Å². The lowest BCUT2D eigenvalue weighted by Gasteiger charge is -2.05. The summed E-state index contributed by atoms with van der Waals surface area (Å²) in [5, 5.41) is 7.47. The molecule has 6 nitrogen and oxygen atoms in total. The van der Waals surface area contributed by atoms with E-state index in [1.54, 1.807) is 0 Å². The van der Waals surface area contributed by atoms with Crippen molar-refractivity contribution >= 4 is 21.6 Å². The first-order chi connectivity index (χ1) is 9.36. The van der Waals surface area contributed by atoms with Crippen molar-refractivity contribution in [1.29, 1.82) is 0 Å². The third-order valence-electron chi connectivity index (χ3n) is 2.43. The molecule has 0 fully saturated rings. The van der Waals surface area contributed by atoms with E-state index in [1.807, 2.05) is 0 Å². The van der Waals surface area contributed by atoms with E-state index in [0.717, 1.165) is 12.3 Å². The van der Waals surface area contributed by atoms with Crippen molar-refractivity contribution in [2.75, 3.05) is 5.32 Å². The lowest BCUT2D eigenvalue weighted by Crippen LogP contribution is -2.14. The van der Waals surface area contributed by atoms with Gasteiger partial charge in [-0.15, -0.1) is 0 Å². The van der Waals surface area contributed by atoms with Crippen LogP contribution in [0.25, 0.3) is 0 Å². The highest BCUT2D eigenvalue weighted by molar-refractivity contribution is 7.89. The standard InChI is InChI=1S/C12H10FN3O3S/c13-11-6-1-8(7-15-11)12(17)16-9-2-4-10(5-3-9)20(14,18)19/h1-7H,(H,16,17)(H2,14,18,19). The average molecular weight is 295 g/mol. The lowest BCUT2D eigenvalue weighted by atomic mass is 10.2. The Morgan fingerprint density at radius 2 is 1.80 bits per heavy atom. The van der Waals surface area contributed by atoms with Gasteiger partial charge in [0, 0.05) is 11.9 Å². The van der Waals surface area contributed by atoms with Crippen molar-refractivity contribution in [3.05, 3.63) is 54.1 Å². The number of rotatable bonds is 3. The number of benzene rings is 1. The van der Waals surface area contributed by atoms with Crippen LogP contribution in [0.2, 0.25) is 0 Å². The Balaban J connectivity index is 2.14. The molecule has 20 heavy (non-hydrogen) atoms. The number of nitrogens with one attached hydrogen (secondary N) is 1. The third kappa shape index (κ3) is 3.37. The maximum absolute atomic E-state index is 12.6. The molecular weight excluding hydrogens is 285 g/mol. The Kier molecular flexibility index (Phi) is 3.77. The second-order valence-corrected chi connectivity index (χ2v) is 5.45. The van der Waals surface area contributed by atoms with Crippen LogP contribution in [0.1, 0.15) is 10.4 Å². The van der Waals surface area contributed by atoms with Crippen molar-refractivity contribution in [3.8, 4) is 0 Å². The van der Waals surface area contributed by atoms with Crippen molar-refractivity contribution < 1.29 is 17.6 Å². The number of primary sulfonamides is 1. The number of nitrogens with zero attached hydrogens (tertiary/aromatic N) is 1. The molecule has 1 aromatic heterocycles. The number of carbonyl (C=O) groups is 1. The van der Waals surface area contributed by atoms with Crippen molar-refractivity contribution in [3.63, 3.8) is 0 Å². The lowest BCUT2D eigenvalue weighted by molar-refractivity contribution is 0.102. The molecule has 0 aliphatic heterocycles. The molecule has 0 unspecified atom stereocenters. The SMILES string of the molecule is NS(=O)(=O)c1ccc(NC(=O)c2ccc(F)nc2)cc1. The number of hydrogen-bond acceptors (Lipinski definition) is 4. The summed E-state index contributed by atoms with van der Waals surface area (Å²) in [6.07, 6.45) is 1.10. The average Bonchev–Trinajstić information content (AvgIpc) is 2.39. The summed E-state index contributed by atoms with van der Waals surface area (Å²) in [6.45, 7) is 0. The quantitative estimate of drug-likeness (QED) is 0.828. The number of halogens is 1. The number of carbonyl (C=O) groups excluding carboxylic acids is 1. The van der Waals surface area contributed by atoms with Crippen LogP contribution >= 0.6 is 0 Å². The van der Waals surface area contributed by atoms with Gasteiger partial charge in [0.1, 0.15) is 0 Å². The molecule has 1 amide bonds. The Bertz CT molecular complexity index is 728. The predicted molar refractivity (Wildman–Crippen MR) is 70.0 cm³/mol. The predicted octanol–water partition coefficient (Wildman–Crippen LogP) is 1.12. The molecule has 1 aromatic carbocycles. The minimum absolute atomic E-state index is 0.0565. The molecule has 0 bridgehead atoms. The van der Waals surface area contributed by atoms with Gasteiger partial charge in [-0.3, -0.25) is 4.79 Å². The smallest absolute Gasteiger partial charge is 0.257 e. The van der Waals surface area contributed by atoms with E-state index in [2.05, 4.69) is 10.3 Å². The number of pyridine rings is 1. The van der Waals surface area contributed by atoms with Gasteiger partial charge in [0.05, 0.1) is 10.5 Å². The van der Waals surface area contributed by atoms with Gasteiger partial charge in [-0.25, -0.2) is 18.5 Å². The van der Waals surface area contributed by atoms with E-state index < -0.39 is 21.9 Å². The fourth-order valence-electron chi connectivity index (χ4n) is 1.44. The second-order valence-electron chi connectivity index (χ2n) is 3.89. The van der Waals surface area contributed by atoms with E-state index in [0.29, 0.717) is 5.69 Å².